The Bertz CT molecular complexity index is 782. The quantitative estimate of drug-likeness (QED) is 0.675. The fourth-order valence-electron chi connectivity index (χ4n) is 2.63. The number of H-pyrrole nitrogens is 1. The molecule has 0 atom stereocenters. The van der Waals surface area contributed by atoms with Gasteiger partial charge in [0, 0.05) is 0 Å². The van der Waals surface area contributed by atoms with Crippen LogP contribution >= 0.6 is 11.6 Å². The zero-order valence-corrected chi connectivity index (χ0v) is 13.1. The third-order valence-electron chi connectivity index (χ3n) is 3.91. The molecule has 22 heavy (non-hydrogen) atoms. The van der Waals surface area contributed by atoms with Crippen LogP contribution in [-0.2, 0) is 12.8 Å². The van der Waals surface area contributed by atoms with E-state index in [9.17, 15) is 4.79 Å². The topological polar surface area (TPSA) is 70.1 Å². The molecule has 0 saturated heterocycles. The van der Waals surface area contributed by atoms with Crippen molar-refractivity contribution in [1.29, 1.82) is 0 Å². The van der Waals surface area contributed by atoms with Crippen LogP contribution in [0.25, 0.3) is 0 Å². The normalized spacial score (nSPS) is 14.5. The molecule has 1 heterocycles. The van der Waals surface area contributed by atoms with Crippen molar-refractivity contribution in [3.63, 3.8) is 0 Å². The van der Waals surface area contributed by atoms with Crippen LogP contribution in [0.5, 0.6) is 0 Å². The van der Waals surface area contributed by atoms with Crippen LogP contribution in [0.4, 0.5) is 5.69 Å². The minimum atomic E-state index is -0.437. The Hall–Kier alpha value is -2.14. The number of anilines is 1. The molecular weight excluding hydrogens is 300 g/mol. The van der Waals surface area contributed by atoms with Gasteiger partial charge in [-0.25, -0.2) is 5.10 Å². The summed E-state index contributed by atoms with van der Waals surface area (Å²) in [7, 11) is 0. The summed E-state index contributed by atoms with van der Waals surface area (Å²) in [5.41, 5.74) is 7.52. The predicted molar refractivity (Wildman–Crippen MR) is 88.8 cm³/mol. The number of halogens is 1. The van der Waals surface area contributed by atoms with Crippen LogP contribution in [0, 0.1) is 0 Å². The Labute approximate surface area is 133 Å². The molecule has 0 aliphatic heterocycles. The van der Waals surface area contributed by atoms with Gasteiger partial charge in [0.15, 0.2) is 0 Å². The Balaban J connectivity index is 1.82. The molecule has 0 saturated carbocycles. The van der Waals surface area contributed by atoms with Gasteiger partial charge in [-0.3, -0.25) is 10.2 Å². The second-order valence-electron chi connectivity index (χ2n) is 5.43. The average Bonchev–Trinajstić information content (AvgIpc) is 2.55. The Kier molecular flexibility index (Phi) is 4.24. The Morgan fingerprint density at radius 1 is 1.32 bits per heavy atom. The predicted octanol–water partition coefficient (Wildman–Crippen LogP) is 3.14. The van der Waals surface area contributed by atoms with Gasteiger partial charge in [0.05, 0.1) is 11.9 Å². The first-order chi connectivity index (χ1) is 10.6. The van der Waals surface area contributed by atoms with Crippen molar-refractivity contribution in [2.45, 2.75) is 32.6 Å². The molecule has 1 aliphatic carbocycles. The van der Waals surface area contributed by atoms with Gasteiger partial charge in [-0.05, 0) is 55.4 Å². The highest BCUT2D eigenvalue weighted by Gasteiger charge is 2.10. The number of rotatable bonds is 3. The highest BCUT2D eigenvalue weighted by Crippen LogP contribution is 2.22. The third-order valence-corrected chi connectivity index (χ3v) is 4.28. The minimum Gasteiger partial charge on any atom is -0.275 e. The first kappa shape index (κ1) is 14.8. The standard InChI is InChI=1S/C16H17ClN4O/c1-10(19-20-14-9-18-21-16(22)15(14)17)12-7-6-11-4-2-3-5-13(11)8-12/h6-9H,2-5H2,1H3,(H2,20,21,22). The number of nitrogens with zero attached hydrogens (tertiary/aromatic N) is 2. The van der Waals surface area contributed by atoms with Crippen LogP contribution in [0.3, 0.4) is 0 Å². The maximum atomic E-state index is 11.4. The molecule has 114 valence electrons. The van der Waals surface area contributed by atoms with Gasteiger partial charge in [-0.1, -0.05) is 23.7 Å². The molecule has 3 rings (SSSR count). The Morgan fingerprint density at radius 2 is 2.09 bits per heavy atom. The SMILES string of the molecule is CC(=NNc1cn[nH]c(=O)c1Cl)c1ccc2c(c1)CCCC2. The van der Waals surface area contributed by atoms with E-state index in [1.165, 1.54) is 30.2 Å². The molecule has 0 spiro atoms. The fraction of sp³-hybridized carbons (Fsp3) is 0.312. The van der Waals surface area contributed by atoms with Gasteiger partial charge in [-0.15, -0.1) is 0 Å². The Morgan fingerprint density at radius 3 is 2.91 bits per heavy atom. The van der Waals surface area contributed by atoms with Crippen molar-refractivity contribution in [3.05, 3.63) is 56.5 Å². The molecule has 1 aromatic carbocycles. The van der Waals surface area contributed by atoms with Crippen LogP contribution in [0.15, 0.2) is 34.3 Å². The summed E-state index contributed by atoms with van der Waals surface area (Å²) in [6.45, 7) is 1.92. The van der Waals surface area contributed by atoms with Crippen molar-refractivity contribution in [3.8, 4) is 0 Å². The summed E-state index contributed by atoms with van der Waals surface area (Å²) in [5, 5.41) is 10.3. The van der Waals surface area contributed by atoms with Crippen LogP contribution in [0.1, 0.15) is 36.5 Å². The summed E-state index contributed by atoms with van der Waals surface area (Å²) in [5.74, 6) is 0. The van der Waals surface area contributed by atoms with Crippen LogP contribution in [0.2, 0.25) is 5.02 Å². The summed E-state index contributed by atoms with van der Waals surface area (Å²) in [4.78, 5) is 11.4. The van der Waals surface area contributed by atoms with E-state index in [0.29, 0.717) is 5.69 Å². The molecule has 1 aromatic heterocycles. The van der Waals surface area contributed by atoms with Gasteiger partial charge in [0.2, 0.25) is 0 Å². The number of fused-ring (bicyclic) bond motifs is 1. The lowest BCUT2D eigenvalue weighted by Gasteiger charge is -2.16. The molecule has 0 radical (unpaired) electrons. The molecule has 6 heteroatoms. The zero-order chi connectivity index (χ0) is 15.5. The van der Waals surface area contributed by atoms with Crippen molar-refractivity contribution in [2.24, 2.45) is 5.10 Å². The van der Waals surface area contributed by atoms with Gasteiger partial charge in [0.25, 0.3) is 5.56 Å². The summed E-state index contributed by atoms with van der Waals surface area (Å²) in [6.07, 6.45) is 6.26. The maximum Gasteiger partial charge on any atom is 0.285 e. The van der Waals surface area contributed by atoms with E-state index in [-0.39, 0.29) is 5.02 Å². The first-order valence-corrected chi connectivity index (χ1v) is 7.68. The number of hydrogen-bond acceptors (Lipinski definition) is 4. The van der Waals surface area contributed by atoms with Crippen molar-refractivity contribution < 1.29 is 0 Å². The minimum absolute atomic E-state index is 0.0528. The van der Waals surface area contributed by atoms with Gasteiger partial charge in [-0.2, -0.15) is 10.2 Å². The molecule has 0 unspecified atom stereocenters. The number of hydrogen-bond donors (Lipinski definition) is 2. The third kappa shape index (κ3) is 3.04. The molecule has 0 amide bonds. The molecule has 2 N–H and O–H groups in total. The van der Waals surface area contributed by atoms with Gasteiger partial charge < -0.3 is 0 Å². The largest absolute Gasteiger partial charge is 0.285 e. The summed E-state index contributed by atoms with van der Waals surface area (Å²) < 4.78 is 0. The molecular formula is C16H17ClN4O. The lowest BCUT2D eigenvalue weighted by molar-refractivity contribution is 0.685. The number of aromatic amines is 1. The fourth-order valence-corrected chi connectivity index (χ4v) is 2.76. The zero-order valence-electron chi connectivity index (χ0n) is 12.3. The van der Waals surface area contributed by atoms with Crippen LogP contribution in [-0.4, -0.2) is 15.9 Å². The van der Waals surface area contributed by atoms with E-state index in [4.69, 9.17) is 11.6 Å². The first-order valence-electron chi connectivity index (χ1n) is 7.31. The highest BCUT2D eigenvalue weighted by atomic mass is 35.5. The second-order valence-corrected chi connectivity index (χ2v) is 5.80. The van der Waals surface area contributed by atoms with E-state index in [0.717, 1.165) is 24.1 Å². The van der Waals surface area contributed by atoms with E-state index in [1.54, 1.807) is 0 Å². The number of benzene rings is 1. The van der Waals surface area contributed by atoms with E-state index >= 15 is 0 Å². The number of hydrazone groups is 1. The lowest BCUT2D eigenvalue weighted by atomic mass is 9.90. The summed E-state index contributed by atoms with van der Waals surface area (Å²) in [6, 6.07) is 6.47. The highest BCUT2D eigenvalue weighted by molar-refractivity contribution is 6.32. The van der Waals surface area contributed by atoms with Crippen molar-refractivity contribution in [2.75, 3.05) is 5.43 Å². The van der Waals surface area contributed by atoms with Crippen molar-refractivity contribution >= 4 is 23.0 Å². The molecule has 1 aliphatic rings. The van der Waals surface area contributed by atoms with E-state index in [1.807, 2.05) is 6.92 Å². The number of aromatic nitrogens is 2. The molecule has 0 bridgehead atoms. The monoisotopic (exact) mass is 316 g/mol. The second kappa shape index (κ2) is 6.32. The van der Waals surface area contributed by atoms with E-state index in [2.05, 4.69) is 38.9 Å². The van der Waals surface area contributed by atoms with Gasteiger partial charge in [0.1, 0.15) is 10.7 Å². The number of nitrogens with one attached hydrogen (secondary N) is 2. The van der Waals surface area contributed by atoms with Crippen molar-refractivity contribution in [1.82, 2.24) is 10.2 Å². The van der Waals surface area contributed by atoms with Crippen LogP contribution < -0.4 is 11.0 Å². The number of aryl methyl sites for hydroxylation is 2. The maximum absolute atomic E-state index is 11.4. The van der Waals surface area contributed by atoms with Gasteiger partial charge >= 0.3 is 0 Å². The smallest absolute Gasteiger partial charge is 0.275 e. The molecule has 0 fully saturated rings. The molecule has 5 nitrogen and oxygen atoms in total. The lowest BCUT2D eigenvalue weighted by Crippen LogP contribution is -2.11. The molecule has 2 aromatic rings. The average molecular weight is 317 g/mol. The van der Waals surface area contributed by atoms with E-state index < -0.39 is 5.56 Å². The summed E-state index contributed by atoms with van der Waals surface area (Å²) >= 11 is 5.90.